The third-order valence-corrected chi connectivity index (χ3v) is 5.13. The third-order valence-electron chi connectivity index (χ3n) is 5.13. The first-order valence-corrected chi connectivity index (χ1v) is 8.85. The fraction of sp³-hybridized carbons (Fsp3) is 0.174. The Bertz CT molecular complexity index is 921. The maximum absolute atomic E-state index is 13.8. The number of benzene rings is 3. The van der Waals surface area contributed by atoms with E-state index < -0.39 is 5.41 Å². The highest BCUT2D eigenvalue weighted by molar-refractivity contribution is 6.10. The van der Waals surface area contributed by atoms with E-state index in [9.17, 15) is 4.79 Å². The van der Waals surface area contributed by atoms with Crippen molar-refractivity contribution < 1.29 is 4.79 Å². The Morgan fingerprint density at radius 1 is 0.808 bits per heavy atom. The van der Waals surface area contributed by atoms with Crippen LogP contribution in [0.15, 0.2) is 84.9 Å². The number of hydrogen-bond donors (Lipinski definition) is 0. The van der Waals surface area contributed by atoms with Crippen molar-refractivity contribution in [1.29, 1.82) is 0 Å². The van der Waals surface area contributed by atoms with Gasteiger partial charge in [-0.1, -0.05) is 78.9 Å². The predicted molar refractivity (Wildman–Crippen MR) is 105 cm³/mol. The van der Waals surface area contributed by atoms with Crippen LogP contribution < -0.4 is 5.01 Å². The molecule has 0 unspecified atom stereocenters. The van der Waals surface area contributed by atoms with Crippen molar-refractivity contribution in [2.45, 2.75) is 11.8 Å². The molecule has 26 heavy (non-hydrogen) atoms. The topological polar surface area (TPSA) is 23.6 Å². The van der Waals surface area contributed by atoms with Crippen molar-refractivity contribution >= 4 is 11.6 Å². The van der Waals surface area contributed by atoms with Crippen molar-refractivity contribution in [3.05, 3.63) is 102 Å². The molecule has 3 aromatic rings. The Morgan fingerprint density at radius 3 is 2.04 bits per heavy atom. The molecule has 0 spiro atoms. The molecule has 0 aliphatic carbocycles. The number of hydrazine groups is 1. The van der Waals surface area contributed by atoms with E-state index in [2.05, 4.69) is 30.3 Å². The molecule has 0 saturated carbocycles. The van der Waals surface area contributed by atoms with Crippen molar-refractivity contribution in [2.75, 3.05) is 19.1 Å². The summed E-state index contributed by atoms with van der Waals surface area (Å²) in [6.07, 6.45) is 0.637. The van der Waals surface area contributed by atoms with Gasteiger partial charge in [0, 0.05) is 14.1 Å². The molecule has 1 aliphatic rings. The van der Waals surface area contributed by atoms with Gasteiger partial charge in [0.1, 0.15) is 5.41 Å². The van der Waals surface area contributed by atoms with E-state index in [0.717, 1.165) is 22.4 Å². The lowest BCUT2D eigenvalue weighted by Crippen LogP contribution is -2.48. The summed E-state index contributed by atoms with van der Waals surface area (Å²) in [6.45, 7) is 0. The summed E-state index contributed by atoms with van der Waals surface area (Å²) < 4.78 is 0. The van der Waals surface area contributed by atoms with Crippen LogP contribution in [0.5, 0.6) is 0 Å². The molecule has 0 aromatic heterocycles. The number of rotatable bonds is 4. The summed E-state index contributed by atoms with van der Waals surface area (Å²) in [5.74, 6) is 0.0961. The molecule has 1 heterocycles. The van der Waals surface area contributed by atoms with E-state index in [1.54, 1.807) is 5.01 Å². The lowest BCUT2D eigenvalue weighted by atomic mass is 9.71. The predicted octanol–water partition coefficient (Wildman–Crippen LogP) is 4.04. The molecule has 3 nitrogen and oxygen atoms in total. The number of para-hydroxylation sites is 1. The fourth-order valence-electron chi connectivity index (χ4n) is 4.00. The zero-order valence-corrected chi connectivity index (χ0v) is 15.1. The molecule has 0 bridgehead atoms. The molecule has 0 saturated heterocycles. The number of carbonyl (C=O) groups is 1. The van der Waals surface area contributed by atoms with Gasteiger partial charge in [-0.05, 0) is 29.2 Å². The lowest BCUT2D eigenvalue weighted by Gasteiger charge is -2.31. The SMILES string of the molecule is CN(C)N1C(=O)[C@](Cc2ccccc2)(c2ccccc2)c2ccccc21. The van der Waals surface area contributed by atoms with Crippen LogP contribution in [-0.4, -0.2) is 25.0 Å². The van der Waals surface area contributed by atoms with E-state index in [4.69, 9.17) is 0 Å². The molecule has 1 amide bonds. The smallest absolute Gasteiger partial charge is 0.257 e. The van der Waals surface area contributed by atoms with Gasteiger partial charge in [0.2, 0.25) is 0 Å². The molecular weight excluding hydrogens is 320 g/mol. The Balaban J connectivity index is 1.98. The van der Waals surface area contributed by atoms with Crippen LogP contribution in [0.1, 0.15) is 16.7 Å². The highest BCUT2D eigenvalue weighted by Crippen LogP contribution is 2.48. The second kappa shape index (κ2) is 6.43. The van der Waals surface area contributed by atoms with Crippen LogP contribution >= 0.6 is 0 Å². The number of nitrogens with zero attached hydrogens (tertiary/aromatic N) is 2. The van der Waals surface area contributed by atoms with Gasteiger partial charge in [0.15, 0.2) is 0 Å². The zero-order chi connectivity index (χ0) is 18.1. The van der Waals surface area contributed by atoms with Crippen LogP contribution in [0.25, 0.3) is 0 Å². The summed E-state index contributed by atoms with van der Waals surface area (Å²) in [5.41, 5.74) is 3.49. The van der Waals surface area contributed by atoms with E-state index in [1.807, 2.05) is 73.7 Å². The Hall–Kier alpha value is -2.91. The second-order valence-electron chi connectivity index (χ2n) is 6.92. The molecular formula is C23H22N2O. The zero-order valence-electron chi connectivity index (χ0n) is 15.1. The normalized spacial score (nSPS) is 19.0. The second-order valence-corrected chi connectivity index (χ2v) is 6.92. The number of anilines is 1. The van der Waals surface area contributed by atoms with Crippen LogP contribution in [0, 0.1) is 0 Å². The maximum atomic E-state index is 13.8. The summed E-state index contributed by atoms with van der Waals surface area (Å²) >= 11 is 0. The van der Waals surface area contributed by atoms with Crippen LogP contribution in [-0.2, 0) is 16.6 Å². The Morgan fingerprint density at radius 2 is 1.38 bits per heavy atom. The number of fused-ring (bicyclic) bond motifs is 1. The molecule has 130 valence electrons. The van der Waals surface area contributed by atoms with Gasteiger partial charge in [-0.15, -0.1) is 0 Å². The lowest BCUT2D eigenvalue weighted by molar-refractivity contribution is -0.124. The van der Waals surface area contributed by atoms with Crippen LogP contribution in [0.4, 0.5) is 5.69 Å². The summed E-state index contributed by atoms with van der Waals surface area (Å²) in [5, 5.41) is 3.67. The molecule has 1 aliphatic heterocycles. The van der Waals surface area contributed by atoms with Crippen molar-refractivity contribution in [1.82, 2.24) is 5.01 Å². The van der Waals surface area contributed by atoms with Crippen molar-refractivity contribution in [3.63, 3.8) is 0 Å². The molecule has 4 rings (SSSR count). The van der Waals surface area contributed by atoms with Gasteiger partial charge in [-0.25, -0.2) is 10.0 Å². The number of hydrogen-bond acceptors (Lipinski definition) is 2. The maximum Gasteiger partial charge on any atom is 0.257 e. The van der Waals surface area contributed by atoms with Gasteiger partial charge >= 0.3 is 0 Å². The number of carbonyl (C=O) groups excluding carboxylic acids is 1. The Labute approximate surface area is 154 Å². The minimum Gasteiger partial charge on any atom is -0.272 e. The number of amides is 1. The van der Waals surface area contributed by atoms with Crippen LogP contribution in [0.2, 0.25) is 0 Å². The summed E-state index contributed by atoms with van der Waals surface area (Å²) in [4.78, 5) is 13.8. The minimum absolute atomic E-state index is 0.0961. The average Bonchev–Trinajstić information content (AvgIpc) is 2.92. The standard InChI is InChI=1S/C23H22N2O/c1-24(2)25-21-16-10-9-15-20(21)23(22(25)26,19-13-7-4-8-14-19)17-18-11-5-3-6-12-18/h3-16H,17H2,1-2H3/t23-/m1/s1. The van der Waals surface area contributed by atoms with E-state index in [-0.39, 0.29) is 5.91 Å². The molecule has 3 heteroatoms. The molecule has 3 aromatic carbocycles. The molecule has 1 atom stereocenters. The molecule has 0 radical (unpaired) electrons. The van der Waals surface area contributed by atoms with E-state index >= 15 is 0 Å². The first-order valence-electron chi connectivity index (χ1n) is 8.85. The van der Waals surface area contributed by atoms with Crippen molar-refractivity contribution in [2.24, 2.45) is 0 Å². The van der Waals surface area contributed by atoms with E-state index in [0.29, 0.717) is 6.42 Å². The monoisotopic (exact) mass is 342 g/mol. The van der Waals surface area contributed by atoms with Gasteiger partial charge in [-0.2, -0.15) is 0 Å². The first-order chi connectivity index (χ1) is 12.6. The fourth-order valence-corrected chi connectivity index (χ4v) is 4.00. The van der Waals surface area contributed by atoms with Gasteiger partial charge in [-0.3, -0.25) is 4.79 Å². The third kappa shape index (κ3) is 2.44. The first kappa shape index (κ1) is 16.6. The Kier molecular flexibility index (Phi) is 4.09. The molecule has 0 fully saturated rings. The van der Waals surface area contributed by atoms with Gasteiger partial charge in [0.25, 0.3) is 5.91 Å². The average molecular weight is 342 g/mol. The molecule has 0 N–H and O–H groups in total. The quantitative estimate of drug-likeness (QED) is 0.714. The van der Waals surface area contributed by atoms with E-state index in [1.165, 1.54) is 0 Å². The van der Waals surface area contributed by atoms with Gasteiger partial charge < -0.3 is 0 Å². The minimum atomic E-state index is -0.719. The van der Waals surface area contributed by atoms with Crippen molar-refractivity contribution in [3.8, 4) is 0 Å². The van der Waals surface area contributed by atoms with Crippen LogP contribution in [0.3, 0.4) is 0 Å². The largest absolute Gasteiger partial charge is 0.272 e. The summed E-state index contributed by atoms with van der Waals surface area (Å²) in [7, 11) is 3.83. The highest BCUT2D eigenvalue weighted by atomic mass is 16.2. The highest BCUT2D eigenvalue weighted by Gasteiger charge is 2.52. The van der Waals surface area contributed by atoms with Gasteiger partial charge in [0.05, 0.1) is 5.69 Å². The summed E-state index contributed by atoms with van der Waals surface area (Å²) in [6, 6.07) is 28.5.